The predicted octanol–water partition coefficient (Wildman–Crippen LogP) is 4.42. The fourth-order valence-electron chi connectivity index (χ4n) is 3.12. The van der Waals surface area contributed by atoms with E-state index in [0.717, 1.165) is 12.8 Å². The Morgan fingerprint density at radius 1 is 1.00 bits per heavy atom. The molecule has 2 amide bonds. The second kappa shape index (κ2) is 9.42. The SMILES string of the molecule is O=C(COc1ccc(C(=O)NC2CCCCC2)cc1)Nc1ccccc1Cl. The number of ether oxygens (including phenoxy) is 1. The van der Waals surface area contributed by atoms with E-state index in [1.165, 1.54) is 19.3 Å². The highest BCUT2D eigenvalue weighted by Gasteiger charge is 2.16. The Labute approximate surface area is 164 Å². The van der Waals surface area contributed by atoms with Gasteiger partial charge in [-0.15, -0.1) is 0 Å². The Hall–Kier alpha value is -2.53. The molecule has 0 aliphatic heterocycles. The Bertz CT molecular complexity index is 786. The number of halogens is 1. The summed E-state index contributed by atoms with van der Waals surface area (Å²) in [6, 6.07) is 14.1. The van der Waals surface area contributed by atoms with Gasteiger partial charge in [-0.3, -0.25) is 9.59 Å². The first-order chi connectivity index (χ1) is 13.1. The average Bonchev–Trinajstić information content (AvgIpc) is 2.69. The topological polar surface area (TPSA) is 67.4 Å². The van der Waals surface area contributed by atoms with Crippen LogP contribution in [0.2, 0.25) is 5.02 Å². The second-order valence-electron chi connectivity index (χ2n) is 6.65. The summed E-state index contributed by atoms with van der Waals surface area (Å²) in [4.78, 5) is 24.3. The van der Waals surface area contributed by atoms with Crippen LogP contribution in [-0.4, -0.2) is 24.5 Å². The third-order valence-electron chi connectivity index (χ3n) is 4.57. The van der Waals surface area contributed by atoms with Gasteiger partial charge < -0.3 is 15.4 Å². The van der Waals surface area contributed by atoms with Crippen molar-refractivity contribution in [2.24, 2.45) is 0 Å². The molecule has 5 nitrogen and oxygen atoms in total. The molecule has 0 bridgehead atoms. The fraction of sp³-hybridized carbons (Fsp3) is 0.333. The van der Waals surface area contributed by atoms with Gasteiger partial charge >= 0.3 is 0 Å². The summed E-state index contributed by atoms with van der Waals surface area (Å²) in [7, 11) is 0. The number of amides is 2. The van der Waals surface area contributed by atoms with Crippen LogP contribution in [-0.2, 0) is 4.79 Å². The maximum Gasteiger partial charge on any atom is 0.262 e. The van der Waals surface area contributed by atoms with Crippen LogP contribution < -0.4 is 15.4 Å². The quantitative estimate of drug-likeness (QED) is 0.772. The number of nitrogens with one attached hydrogen (secondary N) is 2. The lowest BCUT2D eigenvalue weighted by Crippen LogP contribution is -2.36. The number of para-hydroxylation sites is 1. The summed E-state index contributed by atoms with van der Waals surface area (Å²) in [5.41, 5.74) is 1.14. The van der Waals surface area contributed by atoms with Crippen LogP contribution in [0.25, 0.3) is 0 Å². The molecule has 1 aliphatic carbocycles. The number of carbonyl (C=O) groups excluding carboxylic acids is 2. The smallest absolute Gasteiger partial charge is 0.262 e. The number of benzene rings is 2. The summed E-state index contributed by atoms with van der Waals surface area (Å²) in [5, 5.41) is 6.25. The normalized spacial score (nSPS) is 14.4. The summed E-state index contributed by atoms with van der Waals surface area (Å²) in [5.74, 6) is 0.158. The zero-order valence-corrected chi connectivity index (χ0v) is 15.8. The van der Waals surface area contributed by atoms with E-state index in [2.05, 4.69) is 10.6 Å². The van der Waals surface area contributed by atoms with Gasteiger partial charge in [0.2, 0.25) is 0 Å². The molecule has 0 radical (unpaired) electrons. The van der Waals surface area contributed by atoms with Crippen molar-refractivity contribution in [1.29, 1.82) is 0 Å². The standard InChI is InChI=1S/C21H23ClN2O3/c22-18-8-4-5-9-19(18)24-20(25)14-27-17-12-10-15(11-13-17)21(26)23-16-6-2-1-3-7-16/h4-5,8-13,16H,1-3,6-7,14H2,(H,23,26)(H,24,25). The maximum absolute atomic E-state index is 12.3. The van der Waals surface area contributed by atoms with Crippen molar-refractivity contribution in [3.05, 3.63) is 59.1 Å². The van der Waals surface area contributed by atoms with E-state index >= 15 is 0 Å². The van der Waals surface area contributed by atoms with Gasteiger partial charge in [0.1, 0.15) is 5.75 Å². The molecule has 2 N–H and O–H groups in total. The summed E-state index contributed by atoms with van der Waals surface area (Å²) >= 11 is 6.01. The number of hydrogen-bond donors (Lipinski definition) is 2. The monoisotopic (exact) mass is 386 g/mol. The number of hydrogen-bond acceptors (Lipinski definition) is 3. The first-order valence-electron chi connectivity index (χ1n) is 9.20. The largest absolute Gasteiger partial charge is 0.484 e. The second-order valence-corrected chi connectivity index (χ2v) is 7.06. The zero-order valence-electron chi connectivity index (χ0n) is 15.0. The van der Waals surface area contributed by atoms with Crippen molar-refractivity contribution in [3.63, 3.8) is 0 Å². The molecule has 27 heavy (non-hydrogen) atoms. The summed E-state index contributed by atoms with van der Waals surface area (Å²) < 4.78 is 5.48. The molecule has 0 unspecified atom stereocenters. The lowest BCUT2D eigenvalue weighted by Gasteiger charge is -2.22. The molecule has 0 heterocycles. The van der Waals surface area contributed by atoms with Crippen molar-refractivity contribution in [3.8, 4) is 5.75 Å². The highest BCUT2D eigenvalue weighted by atomic mass is 35.5. The Morgan fingerprint density at radius 3 is 2.41 bits per heavy atom. The molecule has 1 aliphatic rings. The van der Waals surface area contributed by atoms with Gasteiger partial charge in [0.15, 0.2) is 6.61 Å². The maximum atomic E-state index is 12.3. The third kappa shape index (κ3) is 5.73. The van der Waals surface area contributed by atoms with Crippen molar-refractivity contribution < 1.29 is 14.3 Å². The fourth-order valence-corrected chi connectivity index (χ4v) is 3.30. The van der Waals surface area contributed by atoms with Crippen molar-refractivity contribution in [2.45, 2.75) is 38.1 Å². The molecule has 3 rings (SSSR count). The Kier molecular flexibility index (Phi) is 6.71. The van der Waals surface area contributed by atoms with Crippen LogP contribution in [0.3, 0.4) is 0 Å². The zero-order chi connectivity index (χ0) is 19.1. The van der Waals surface area contributed by atoms with Crippen LogP contribution in [0, 0.1) is 0 Å². The molecule has 0 saturated heterocycles. The predicted molar refractivity (Wildman–Crippen MR) is 106 cm³/mol. The number of rotatable bonds is 6. The van der Waals surface area contributed by atoms with Gasteiger partial charge in [-0.2, -0.15) is 0 Å². The number of carbonyl (C=O) groups is 2. The summed E-state index contributed by atoms with van der Waals surface area (Å²) in [6.07, 6.45) is 5.70. The van der Waals surface area contributed by atoms with Crippen LogP contribution in [0.15, 0.2) is 48.5 Å². The molecule has 0 atom stereocenters. The highest BCUT2D eigenvalue weighted by molar-refractivity contribution is 6.33. The highest BCUT2D eigenvalue weighted by Crippen LogP contribution is 2.21. The van der Waals surface area contributed by atoms with E-state index in [1.807, 2.05) is 0 Å². The molecule has 2 aromatic rings. The summed E-state index contributed by atoms with van der Waals surface area (Å²) in [6.45, 7) is -0.140. The van der Waals surface area contributed by atoms with Crippen LogP contribution >= 0.6 is 11.6 Å². The van der Waals surface area contributed by atoms with Gasteiger partial charge in [0, 0.05) is 11.6 Å². The lowest BCUT2D eigenvalue weighted by molar-refractivity contribution is -0.118. The van der Waals surface area contributed by atoms with Crippen molar-refractivity contribution in [2.75, 3.05) is 11.9 Å². The van der Waals surface area contributed by atoms with E-state index < -0.39 is 0 Å². The van der Waals surface area contributed by atoms with E-state index in [-0.39, 0.29) is 24.5 Å². The molecule has 6 heteroatoms. The molecule has 1 saturated carbocycles. The Balaban J connectivity index is 1.48. The van der Waals surface area contributed by atoms with Gasteiger partial charge in [0.25, 0.3) is 11.8 Å². The lowest BCUT2D eigenvalue weighted by atomic mass is 9.95. The van der Waals surface area contributed by atoms with E-state index in [9.17, 15) is 9.59 Å². The molecular formula is C21H23ClN2O3. The van der Waals surface area contributed by atoms with Crippen molar-refractivity contribution >= 4 is 29.1 Å². The molecule has 142 valence electrons. The molecule has 2 aromatic carbocycles. The Morgan fingerprint density at radius 2 is 1.70 bits per heavy atom. The molecule has 1 fully saturated rings. The minimum Gasteiger partial charge on any atom is -0.484 e. The van der Waals surface area contributed by atoms with E-state index in [0.29, 0.717) is 22.0 Å². The van der Waals surface area contributed by atoms with Gasteiger partial charge in [-0.05, 0) is 49.2 Å². The third-order valence-corrected chi connectivity index (χ3v) is 4.90. The van der Waals surface area contributed by atoms with Crippen LogP contribution in [0.1, 0.15) is 42.5 Å². The van der Waals surface area contributed by atoms with Gasteiger partial charge in [-0.25, -0.2) is 0 Å². The van der Waals surface area contributed by atoms with E-state index in [4.69, 9.17) is 16.3 Å². The minimum absolute atomic E-state index is 0.0649. The van der Waals surface area contributed by atoms with E-state index in [1.54, 1.807) is 48.5 Å². The van der Waals surface area contributed by atoms with Crippen molar-refractivity contribution in [1.82, 2.24) is 5.32 Å². The first kappa shape index (κ1) is 19.2. The first-order valence-corrected chi connectivity index (χ1v) is 9.58. The van der Waals surface area contributed by atoms with Gasteiger partial charge in [0.05, 0.1) is 10.7 Å². The number of anilines is 1. The average molecular weight is 387 g/mol. The molecule has 0 spiro atoms. The molecule has 0 aromatic heterocycles. The van der Waals surface area contributed by atoms with Crippen LogP contribution in [0.5, 0.6) is 5.75 Å². The minimum atomic E-state index is -0.304. The van der Waals surface area contributed by atoms with Gasteiger partial charge in [-0.1, -0.05) is 43.0 Å². The van der Waals surface area contributed by atoms with Crippen LogP contribution in [0.4, 0.5) is 5.69 Å². The molecular weight excluding hydrogens is 364 g/mol.